The number of nitrogens with zero attached hydrogens (tertiary/aromatic N) is 3. The van der Waals surface area contributed by atoms with Gasteiger partial charge in [0.2, 0.25) is 15.9 Å². The van der Waals surface area contributed by atoms with Crippen LogP contribution in [0.3, 0.4) is 0 Å². The average molecular weight is 548 g/mol. The van der Waals surface area contributed by atoms with Crippen LogP contribution in [0.4, 0.5) is 13.2 Å². The fraction of sp³-hybridized carbons (Fsp3) is 0.609. The largest absolute Gasteiger partial charge is 0.480 e. The van der Waals surface area contributed by atoms with Gasteiger partial charge in [0.1, 0.15) is 12.1 Å². The van der Waals surface area contributed by atoms with Gasteiger partial charge in [-0.15, -0.1) is 0 Å². The minimum atomic E-state index is -5.04. The monoisotopic (exact) mass is 547 g/mol. The molecule has 14 heteroatoms. The predicted molar refractivity (Wildman–Crippen MR) is 129 cm³/mol. The van der Waals surface area contributed by atoms with Crippen molar-refractivity contribution in [2.75, 3.05) is 31.9 Å². The smallest absolute Gasteiger partial charge is 0.404 e. The quantitative estimate of drug-likeness (QED) is 0.313. The first-order valence-electron chi connectivity index (χ1n) is 12.0. The maximum absolute atomic E-state index is 13.7. The molecule has 2 fully saturated rings. The molecule has 2 heterocycles. The highest BCUT2D eigenvalue weighted by atomic mass is 32.2. The SMILES string of the molecule is N=C(N)N1CCC(CN([C@H](Cc2ccccc2)C(=O)N2CCC[C@H]2C(=O)O)S(=O)(=O)CC(F)(F)F)CC1. The highest BCUT2D eigenvalue weighted by molar-refractivity contribution is 7.89. The fourth-order valence-electron chi connectivity index (χ4n) is 4.96. The third-order valence-corrected chi connectivity index (χ3v) is 8.63. The van der Waals surface area contributed by atoms with Gasteiger partial charge in [0.25, 0.3) is 0 Å². The fourth-order valence-corrected chi connectivity index (χ4v) is 6.53. The van der Waals surface area contributed by atoms with Gasteiger partial charge in [0, 0.05) is 26.2 Å². The molecule has 1 aromatic rings. The molecule has 37 heavy (non-hydrogen) atoms. The van der Waals surface area contributed by atoms with Crippen LogP contribution in [0.15, 0.2) is 30.3 Å². The number of likely N-dealkylation sites (tertiary alicyclic amines) is 2. The predicted octanol–water partition coefficient (Wildman–Crippen LogP) is 1.47. The highest BCUT2D eigenvalue weighted by Crippen LogP contribution is 2.29. The standard InChI is InChI=1S/C23H32F3N5O5S/c24-23(25,26)15-37(35,36)31(14-17-8-11-29(12-9-17)22(27)28)19(13-16-5-2-1-3-6-16)20(32)30-10-4-7-18(30)21(33)34/h1-3,5-6,17-19H,4,7-15H2,(H3,27,28)(H,33,34)/t18-,19+/m0/s1. The molecule has 3 rings (SSSR count). The Morgan fingerprint density at radius 3 is 2.30 bits per heavy atom. The van der Waals surface area contributed by atoms with Gasteiger partial charge < -0.3 is 20.6 Å². The van der Waals surface area contributed by atoms with E-state index < -0.39 is 45.9 Å². The van der Waals surface area contributed by atoms with Crippen molar-refractivity contribution in [1.82, 2.24) is 14.1 Å². The van der Waals surface area contributed by atoms with Crippen molar-refractivity contribution in [3.63, 3.8) is 0 Å². The van der Waals surface area contributed by atoms with Crippen molar-refractivity contribution in [3.8, 4) is 0 Å². The molecule has 4 N–H and O–H groups in total. The number of carboxylic acids is 1. The number of nitrogens with two attached hydrogens (primary N) is 1. The lowest BCUT2D eigenvalue weighted by atomic mass is 9.95. The normalized spacial score (nSPS) is 20.3. The number of piperidine rings is 1. The third-order valence-electron chi connectivity index (χ3n) is 6.82. The maximum Gasteiger partial charge on any atom is 0.404 e. The third kappa shape index (κ3) is 7.57. The zero-order valence-corrected chi connectivity index (χ0v) is 21.0. The number of benzene rings is 1. The Balaban J connectivity index is 1.99. The molecular weight excluding hydrogens is 515 g/mol. The van der Waals surface area contributed by atoms with Gasteiger partial charge in [-0.1, -0.05) is 30.3 Å². The second-order valence-electron chi connectivity index (χ2n) is 9.49. The van der Waals surface area contributed by atoms with Gasteiger partial charge in [-0.25, -0.2) is 13.2 Å². The van der Waals surface area contributed by atoms with Crippen molar-refractivity contribution in [1.29, 1.82) is 5.41 Å². The molecule has 2 atom stereocenters. The minimum absolute atomic E-state index is 0.0747. The lowest BCUT2D eigenvalue weighted by molar-refractivity contribution is -0.149. The first kappa shape index (κ1) is 28.7. The maximum atomic E-state index is 13.7. The van der Waals surface area contributed by atoms with Crippen LogP contribution in [0, 0.1) is 11.3 Å². The minimum Gasteiger partial charge on any atom is -0.480 e. The van der Waals surface area contributed by atoms with Crippen LogP contribution < -0.4 is 5.73 Å². The second-order valence-corrected chi connectivity index (χ2v) is 11.4. The summed E-state index contributed by atoms with van der Waals surface area (Å²) in [7, 11) is -5.01. The topological polar surface area (TPSA) is 148 Å². The first-order valence-corrected chi connectivity index (χ1v) is 13.6. The summed E-state index contributed by atoms with van der Waals surface area (Å²) in [6, 6.07) is 5.61. The van der Waals surface area contributed by atoms with E-state index in [1.54, 1.807) is 35.2 Å². The van der Waals surface area contributed by atoms with E-state index in [0.717, 1.165) is 4.90 Å². The van der Waals surface area contributed by atoms with Gasteiger partial charge >= 0.3 is 12.1 Å². The van der Waals surface area contributed by atoms with E-state index in [9.17, 15) is 36.3 Å². The molecule has 10 nitrogen and oxygen atoms in total. The molecule has 0 unspecified atom stereocenters. The van der Waals surface area contributed by atoms with E-state index in [0.29, 0.717) is 42.2 Å². The number of nitrogens with one attached hydrogen (secondary N) is 1. The number of sulfonamides is 1. The molecule has 2 aliphatic heterocycles. The summed E-state index contributed by atoms with van der Waals surface area (Å²) < 4.78 is 67.2. The molecule has 0 spiro atoms. The van der Waals surface area contributed by atoms with E-state index in [4.69, 9.17) is 11.1 Å². The molecule has 0 bridgehead atoms. The molecule has 2 saturated heterocycles. The molecular formula is C23H32F3N5O5S. The number of carbonyl (C=O) groups excluding carboxylic acids is 1. The summed E-state index contributed by atoms with van der Waals surface area (Å²) in [4.78, 5) is 28.1. The number of hydrogen-bond acceptors (Lipinski definition) is 5. The number of aliphatic carboxylic acids is 1. The van der Waals surface area contributed by atoms with E-state index in [-0.39, 0.29) is 37.8 Å². The Labute approximate surface area is 213 Å². The van der Waals surface area contributed by atoms with Gasteiger partial charge in [-0.2, -0.15) is 17.5 Å². The summed E-state index contributed by atoms with van der Waals surface area (Å²) in [6.07, 6.45) is -3.94. The Bertz CT molecular complexity index is 1080. The highest BCUT2D eigenvalue weighted by Gasteiger charge is 2.46. The Hall–Kier alpha value is -2.87. The van der Waals surface area contributed by atoms with E-state index in [1.165, 1.54) is 0 Å². The van der Waals surface area contributed by atoms with Crippen molar-refractivity contribution >= 4 is 27.9 Å². The molecule has 1 aromatic carbocycles. The number of alkyl halides is 3. The van der Waals surface area contributed by atoms with Gasteiger partial charge in [-0.05, 0) is 43.6 Å². The van der Waals surface area contributed by atoms with Crippen LogP contribution in [0.1, 0.15) is 31.2 Å². The summed E-state index contributed by atoms with van der Waals surface area (Å²) >= 11 is 0. The molecule has 0 saturated carbocycles. The Morgan fingerprint density at radius 2 is 1.76 bits per heavy atom. The zero-order chi connectivity index (χ0) is 27.4. The lowest BCUT2D eigenvalue weighted by Gasteiger charge is -2.38. The van der Waals surface area contributed by atoms with Crippen molar-refractivity contribution < 1.29 is 36.3 Å². The summed E-state index contributed by atoms with van der Waals surface area (Å²) in [5.41, 5.74) is 6.05. The second kappa shape index (κ2) is 11.7. The van der Waals surface area contributed by atoms with Gasteiger partial charge in [0.05, 0.1) is 0 Å². The Kier molecular flexibility index (Phi) is 9.05. The number of rotatable bonds is 9. The number of carboxylic acid groups (broad SMARTS) is 1. The number of guanidine groups is 1. The molecule has 0 radical (unpaired) electrons. The summed E-state index contributed by atoms with van der Waals surface area (Å²) in [5.74, 6) is -4.72. The summed E-state index contributed by atoms with van der Waals surface area (Å²) in [6.45, 7) is 0.402. The Morgan fingerprint density at radius 1 is 1.14 bits per heavy atom. The molecule has 2 aliphatic rings. The number of carbonyl (C=O) groups is 2. The summed E-state index contributed by atoms with van der Waals surface area (Å²) in [5, 5.41) is 17.1. The van der Waals surface area contributed by atoms with Gasteiger partial charge in [0.15, 0.2) is 11.7 Å². The van der Waals surface area contributed by atoms with E-state index >= 15 is 0 Å². The van der Waals surface area contributed by atoms with Crippen LogP contribution in [0.25, 0.3) is 0 Å². The molecule has 206 valence electrons. The molecule has 0 aliphatic carbocycles. The van der Waals surface area contributed by atoms with Crippen LogP contribution in [0.5, 0.6) is 0 Å². The van der Waals surface area contributed by atoms with Gasteiger partial charge in [-0.3, -0.25) is 10.2 Å². The lowest BCUT2D eigenvalue weighted by Crippen LogP contribution is -2.57. The van der Waals surface area contributed by atoms with Crippen LogP contribution >= 0.6 is 0 Å². The van der Waals surface area contributed by atoms with Crippen molar-refractivity contribution in [2.24, 2.45) is 11.7 Å². The number of hydrogen-bond donors (Lipinski definition) is 3. The number of halogens is 3. The van der Waals surface area contributed by atoms with E-state index in [2.05, 4.69) is 0 Å². The zero-order valence-electron chi connectivity index (χ0n) is 20.2. The van der Waals surface area contributed by atoms with Crippen molar-refractivity contribution in [3.05, 3.63) is 35.9 Å². The van der Waals surface area contributed by atoms with Crippen LogP contribution in [-0.4, -0.2) is 95.7 Å². The van der Waals surface area contributed by atoms with Crippen LogP contribution in [0.2, 0.25) is 0 Å². The average Bonchev–Trinajstić information content (AvgIpc) is 3.31. The molecule has 0 aromatic heterocycles. The number of amides is 1. The van der Waals surface area contributed by atoms with E-state index in [1.807, 2.05) is 0 Å². The first-order chi connectivity index (χ1) is 17.3. The molecule has 1 amide bonds. The van der Waals surface area contributed by atoms with Crippen molar-refractivity contribution in [2.45, 2.75) is 50.4 Å². The van der Waals surface area contributed by atoms with Crippen LogP contribution in [-0.2, 0) is 26.0 Å².